The first kappa shape index (κ1) is 15.3. The molecule has 0 aliphatic heterocycles. The molecule has 21 heavy (non-hydrogen) atoms. The van der Waals surface area contributed by atoms with E-state index in [-0.39, 0.29) is 11.8 Å². The first-order chi connectivity index (χ1) is 10.3. The van der Waals surface area contributed by atoms with Crippen LogP contribution in [0.25, 0.3) is 0 Å². The molecule has 0 saturated heterocycles. The average molecular weight is 286 g/mol. The molecule has 1 aromatic carbocycles. The molecule has 1 atom stereocenters. The van der Waals surface area contributed by atoms with Crippen molar-refractivity contribution in [2.45, 2.75) is 19.3 Å². The molecule has 1 heterocycles. The van der Waals surface area contributed by atoms with Crippen molar-refractivity contribution in [1.29, 1.82) is 0 Å². The summed E-state index contributed by atoms with van der Waals surface area (Å²) in [4.78, 5) is 19.3. The van der Waals surface area contributed by atoms with E-state index in [2.05, 4.69) is 15.3 Å². The highest BCUT2D eigenvalue weighted by Gasteiger charge is 2.16. The zero-order valence-corrected chi connectivity index (χ0v) is 12.1. The second-order valence-electron chi connectivity index (χ2n) is 5.05. The van der Waals surface area contributed by atoms with Crippen LogP contribution >= 0.6 is 0 Å². The number of amides is 1. The summed E-state index contributed by atoms with van der Waals surface area (Å²) in [5, 5.41) is 2.96. The summed E-state index contributed by atoms with van der Waals surface area (Å²) in [6.07, 6.45) is 5.92. The van der Waals surface area contributed by atoms with Crippen molar-refractivity contribution < 1.29 is 4.79 Å². The summed E-state index contributed by atoms with van der Waals surface area (Å²) in [5.74, 6) is 0.806. The number of hydrogen-bond donors (Lipinski definition) is 3. The minimum atomic E-state index is -0.170. The van der Waals surface area contributed by atoms with Gasteiger partial charge in [0.15, 0.2) is 0 Å². The number of nitrogens with zero attached hydrogens (tertiary/aromatic N) is 1. The molecular formula is C16H22N4O. The van der Waals surface area contributed by atoms with Crippen molar-refractivity contribution >= 4 is 5.91 Å². The third-order valence-corrected chi connectivity index (χ3v) is 3.42. The van der Waals surface area contributed by atoms with Crippen molar-refractivity contribution in [2.75, 3.05) is 13.1 Å². The van der Waals surface area contributed by atoms with Crippen LogP contribution in [0, 0.1) is 5.92 Å². The molecule has 2 aromatic rings. The molecule has 0 spiro atoms. The molecule has 5 heteroatoms. The molecule has 112 valence electrons. The number of nitrogens with one attached hydrogen (secondary N) is 2. The van der Waals surface area contributed by atoms with Gasteiger partial charge in [-0.15, -0.1) is 0 Å². The van der Waals surface area contributed by atoms with Gasteiger partial charge in [0.1, 0.15) is 5.82 Å². The number of aryl methyl sites for hydroxylation is 1. The standard InChI is InChI=1S/C16H22N4O/c17-12-14(11-13-5-2-1-3-6-13)16(21)20-8-4-7-15-18-9-10-19-15/h1-3,5-6,9-10,14H,4,7-8,11-12,17H2,(H,18,19)(H,20,21). The van der Waals surface area contributed by atoms with Gasteiger partial charge in [0.05, 0.1) is 5.92 Å². The van der Waals surface area contributed by atoms with Crippen LogP contribution in [-0.4, -0.2) is 29.0 Å². The summed E-state index contributed by atoms with van der Waals surface area (Å²) in [6, 6.07) is 9.96. The molecule has 0 saturated carbocycles. The van der Waals surface area contributed by atoms with Crippen LogP contribution in [0.3, 0.4) is 0 Å². The Hall–Kier alpha value is -2.14. The minimum Gasteiger partial charge on any atom is -0.356 e. The van der Waals surface area contributed by atoms with Crippen molar-refractivity contribution in [3.63, 3.8) is 0 Å². The molecule has 1 unspecified atom stereocenters. The first-order valence-electron chi connectivity index (χ1n) is 7.29. The summed E-state index contributed by atoms with van der Waals surface area (Å²) in [5.41, 5.74) is 6.86. The second-order valence-corrected chi connectivity index (χ2v) is 5.05. The van der Waals surface area contributed by atoms with Gasteiger partial charge in [-0.1, -0.05) is 30.3 Å². The van der Waals surface area contributed by atoms with Gasteiger partial charge in [-0.05, 0) is 18.4 Å². The van der Waals surface area contributed by atoms with Gasteiger partial charge >= 0.3 is 0 Å². The Kier molecular flexibility index (Phi) is 5.97. The molecule has 1 aromatic heterocycles. The van der Waals surface area contributed by atoms with E-state index >= 15 is 0 Å². The maximum absolute atomic E-state index is 12.1. The number of carbonyl (C=O) groups excluding carboxylic acids is 1. The second kappa shape index (κ2) is 8.21. The molecular weight excluding hydrogens is 264 g/mol. The molecule has 0 aliphatic rings. The van der Waals surface area contributed by atoms with Gasteiger partial charge in [0, 0.05) is 31.9 Å². The zero-order chi connectivity index (χ0) is 14.9. The highest BCUT2D eigenvalue weighted by Crippen LogP contribution is 2.08. The predicted octanol–water partition coefficient (Wildman–Crippen LogP) is 1.28. The number of nitrogens with two attached hydrogens (primary N) is 1. The number of rotatable bonds is 8. The Morgan fingerprint density at radius 3 is 2.81 bits per heavy atom. The van der Waals surface area contributed by atoms with Crippen molar-refractivity contribution in [1.82, 2.24) is 15.3 Å². The Balaban J connectivity index is 1.72. The molecule has 0 fully saturated rings. The Bertz CT molecular complexity index is 524. The maximum Gasteiger partial charge on any atom is 0.224 e. The van der Waals surface area contributed by atoms with Crippen LogP contribution in [0.4, 0.5) is 0 Å². The quantitative estimate of drug-likeness (QED) is 0.639. The van der Waals surface area contributed by atoms with E-state index in [0.29, 0.717) is 19.5 Å². The van der Waals surface area contributed by atoms with Crippen LogP contribution in [0.5, 0.6) is 0 Å². The van der Waals surface area contributed by atoms with E-state index in [4.69, 9.17) is 5.73 Å². The number of aromatic nitrogens is 2. The lowest BCUT2D eigenvalue weighted by Gasteiger charge is -2.14. The number of aromatic amines is 1. The molecule has 5 nitrogen and oxygen atoms in total. The fourth-order valence-electron chi connectivity index (χ4n) is 2.23. The molecule has 4 N–H and O–H groups in total. The Morgan fingerprint density at radius 1 is 1.33 bits per heavy atom. The largest absolute Gasteiger partial charge is 0.356 e. The van der Waals surface area contributed by atoms with E-state index in [0.717, 1.165) is 24.2 Å². The molecule has 2 rings (SSSR count). The Labute approximate surface area is 125 Å². The van der Waals surface area contributed by atoms with Crippen molar-refractivity contribution in [2.24, 2.45) is 11.7 Å². The SMILES string of the molecule is NCC(Cc1ccccc1)C(=O)NCCCc1ncc[nH]1. The van der Waals surface area contributed by atoms with E-state index in [9.17, 15) is 4.79 Å². The Morgan fingerprint density at radius 2 is 2.14 bits per heavy atom. The third-order valence-electron chi connectivity index (χ3n) is 3.42. The number of H-pyrrole nitrogens is 1. The molecule has 0 aliphatic carbocycles. The van der Waals surface area contributed by atoms with Gasteiger partial charge < -0.3 is 16.0 Å². The lowest BCUT2D eigenvalue weighted by atomic mass is 9.98. The summed E-state index contributed by atoms with van der Waals surface area (Å²) in [7, 11) is 0. The van der Waals surface area contributed by atoms with E-state index in [1.165, 1.54) is 0 Å². The minimum absolute atomic E-state index is 0.0285. The van der Waals surface area contributed by atoms with E-state index in [1.54, 1.807) is 12.4 Å². The highest BCUT2D eigenvalue weighted by atomic mass is 16.1. The smallest absolute Gasteiger partial charge is 0.224 e. The fourth-order valence-corrected chi connectivity index (χ4v) is 2.23. The van der Waals surface area contributed by atoms with E-state index < -0.39 is 0 Å². The van der Waals surface area contributed by atoms with E-state index in [1.807, 2.05) is 30.3 Å². The zero-order valence-electron chi connectivity index (χ0n) is 12.1. The van der Waals surface area contributed by atoms with Gasteiger partial charge in [0.25, 0.3) is 0 Å². The monoisotopic (exact) mass is 286 g/mol. The summed E-state index contributed by atoms with van der Waals surface area (Å²) >= 11 is 0. The lowest BCUT2D eigenvalue weighted by molar-refractivity contribution is -0.124. The molecule has 0 bridgehead atoms. The van der Waals surface area contributed by atoms with Gasteiger partial charge in [0.2, 0.25) is 5.91 Å². The molecule has 1 amide bonds. The summed E-state index contributed by atoms with van der Waals surface area (Å²) in [6.45, 7) is 1.00. The van der Waals surface area contributed by atoms with Crippen LogP contribution in [0.1, 0.15) is 17.8 Å². The van der Waals surface area contributed by atoms with Gasteiger partial charge in [-0.3, -0.25) is 4.79 Å². The fraction of sp³-hybridized carbons (Fsp3) is 0.375. The van der Waals surface area contributed by atoms with Crippen LogP contribution in [-0.2, 0) is 17.6 Å². The number of carbonyl (C=O) groups is 1. The number of imidazole rings is 1. The van der Waals surface area contributed by atoms with Crippen LogP contribution < -0.4 is 11.1 Å². The highest BCUT2D eigenvalue weighted by molar-refractivity contribution is 5.79. The maximum atomic E-state index is 12.1. The number of hydrogen-bond acceptors (Lipinski definition) is 3. The van der Waals surface area contributed by atoms with Crippen LogP contribution in [0.15, 0.2) is 42.7 Å². The van der Waals surface area contributed by atoms with Crippen molar-refractivity contribution in [3.05, 3.63) is 54.1 Å². The lowest BCUT2D eigenvalue weighted by Crippen LogP contribution is -2.36. The molecule has 0 radical (unpaired) electrons. The summed E-state index contributed by atoms with van der Waals surface area (Å²) < 4.78 is 0. The average Bonchev–Trinajstić information content (AvgIpc) is 3.03. The first-order valence-corrected chi connectivity index (χ1v) is 7.29. The topological polar surface area (TPSA) is 83.8 Å². The third kappa shape index (κ3) is 5.04. The van der Waals surface area contributed by atoms with Crippen molar-refractivity contribution in [3.8, 4) is 0 Å². The normalized spacial score (nSPS) is 12.0. The van der Waals surface area contributed by atoms with Gasteiger partial charge in [-0.2, -0.15) is 0 Å². The number of benzene rings is 1. The van der Waals surface area contributed by atoms with Gasteiger partial charge in [-0.25, -0.2) is 4.98 Å². The van der Waals surface area contributed by atoms with Crippen LogP contribution in [0.2, 0.25) is 0 Å². The predicted molar refractivity (Wildman–Crippen MR) is 82.6 cm³/mol.